The summed E-state index contributed by atoms with van der Waals surface area (Å²) >= 11 is 0. The summed E-state index contributed by atoms with van der Waals surface area (Å²) in [5.74, 6) is -0.744. The van der Waals surface area contributed by atoms with E-state index in [2.05, 4.69) is 15.4 Å². The maximum Gasteiger partial charge on any atom is 0.522 e. The Balaban J connectivity index is 1.43. The van der Waals surface area contributed by atoms with Crippen molar-refractivity contribution in [2.75, 3.05) is 19.9 Å². The van der Waals surface area contributed by atoms with E-state index in [9.17, 15) is 18.9 Å². The predicted molar refractivity (Wildman–Crippen MR) is 160 cm³/mol. The van der Waals surface area contributed by atoms with E-state index < -0.39 is 44.2 Å². The number of amides is 2. The molecule has 0 bridgehead atoms. The molecular formula is C32H38N2O7P+. The smallest absolute Gasteiger partial charge is 0.484 e. The lowest BCUT2D eigenvalue weighted by atomic mass is 9.86. The van der Waals surface area contributed by atoms with Crippen molar-refractivity contribution >= 4 is 36.6 Å². The van der Waals surface area contributed by atoms with Gasteiger partial charge >= 0.3 is 14.0 Å². The molecular weight excluding hydrogens is 555 g/mol. The van der Waals surface area contributed by atoms with Crippen LogP contribution in [0.25, 0.3) is 10.8 Å². The fraction of sp³-hybridized carbons (Fsp3) is 0.406. The third-order valence-corrected chi connectivity index (χ3v) is 8.34. The summed E-state index contributed by atoms with van der Waals surface area (Å²) < 4.78 is 28.6. The number of benzene rings is 3. The highest BCUT2D eigenvalue weighted by molar-refractivity contribution is 7.40. The summed E-state index contributed by atoms with van der Waals surface area (Å²) in [7, 11) is -1.18. The van der Waals surface area contributed by atoms with Crippen LogP contribution in [0, 0.1) is 5.92 Å². The Morgan fingerprint density at radius 3 is 2.36 bits per heavy atom. The first-order valence-corrected chi connectivity index (χ1v) is 15.7. The van der Waals surface area contributed by atoms with Gasteiger partial charge in [-0.05, 0) is 45.4 Å². The van der Waals surface area contributed by atoms with Crippen LogP contribution in [0.4, 0.5) is 0 Å². The van der Waals surface area contributed by atoms with Gasteiger partial charge in [0.1, 0.15) is 11.8 Å². The number of carbonyl (C=O) groups excluding carboxylic acids is 3. The zero-order chi connectivity index (χ0) is 29.7. The molecule has 1 aliphatic carbocycles. The summed E-state index contributed by atoms with van der Waals surface area (Å²) in [5, 5.41) is 7.71. The predicted octanol–water partition coefficient (Wildman–Crippen LogP) is 5.29. The highest BCUT2D eigenvalue weighted by Gasteiger charge is 2.33. The Morgan fingerprint density at radius 2 is 1.62 bits per heavy atom. The molecule has 1 aliphatic rings. The van der Waals surface area contributed by atoms with Crippen molar-refractivity contribution in [2.45, 2.75) is 57.2 Å². The summed E-state index contributed by atoms with van der Waals surface area (Å²) in [5.41, 5.74) is 0.856. The van der Waals surface area contributed by atoms with Crippen molar-refractivity contribution in [1.82, 2.24) is 10.6 Å². The lowest BCUT2D eigenvalue weighted by molar-refractivity contribution is -0.137. The zero-order valence-electron chi connectivity index (χ0n) is 23.8. The number of methoxy groups -OCH3 is 1. The summed E-state index contributed by atoms with van der Waals surface area (Å²) in [6.45, 7) is -0.274. The minimum Gasteiger partial charge on any atom is -0.484 e. The molecule has 3 aromatic rings. The topological polar surface area (TPSA) is 120 Å². The Labute approximate surface area is 247 Å². The second-order valence-electron chi connectivity index (χ2n) is 10.5. The monoisotopic (exact) mass is 593 g/mol. The number of fused-ring (bicyclic) bond motifs is 1. The van der Waals surface area contributed by atoms with Crippen LogP contribution in [-0.4, -0.2) is 49.9 Å². The largest absolute Gasteiger partial charge is 0.522 e. The van der Waals surface area contributed by atoms with E-state index in [1.165, 1.54) is 7.11 Å². The molecule has 2 unspecified atom stereocenters. The van der Waals surface area contributed by atoms with Crippen LogP contribution >= 0.6 is 8.03 Å². The first kappa shape index (κ1) is 31.1. The third-order valence-electron chi connectivity index (χ3n) is 7.33. The molecule has 4 rings (SSSR count). The van der Waals surface area contributed by atoms with Gasteiger partial charge in [0.15, 0.2) is 12.8 Å². The highest BCUT2D eigenvalue weighted by Crippen LogP contribution is 2.31. The van der Waals surface area contributed by atoms with Crippen LogP contribution in [0.5, 0.6) is 5.75 Å². The molecule has 0 aliphatic heterocycles. The van der Waals surface area contributed by atoms with Crippen molar-refractivity contribution in [1.29, 1.82) is 0 Å². The van der Waals surface area contributed by atoms with Crippen LogP contribution in [0.3, 0.4) is 0 Å². The lowest BCUT2D eigenvalue weighted by Gasteiger charge is -2.26. The quantitative estimate of drug-likeness (QED) is 0.148. The molecule has 3 aromatic carbocycles. The number of carbonyl (C=O) groups is 3. The van der Waals surface area contributed by atoms with Gasteiger partial charge in [0.05, 0.1) is 7.11 Å². The van der Waals surface area contributed by atoms with Gasteiger partial charge in [-0.2, -0.15) is 0 Å². The van der Waals surface area contributed by atoms with Gasteiger partial charge in [0, 0.05) is 6.42 Å². The van der Waals surface area contributed by atoms with Gasteiger partial charge in [-0.15, -0.1) is 4.52 Å². The Morgan fingerprint density at radius 1 is 0.905 bits per heavy atom. The van der Waals surface area contributed by atoms with Gasteiger partial charge in [0.2, 0.25) is 5.91 Å². The summed E-state index contributed by atoms with van der Waals surface area (Å²) in [6, 6.07) is 21.8. The summed E-state index contributed by atoms with van der Waals surface area (Å²) in [4.78, 5) is 38.2. The molecule has 0 radical (unpaired) electrons. The Kier molecular flexibility index (Phi) is 11.9. The van der Waals surface area contributed by atoms with Gasteiger partial charge < -0.3 is 20.1 Å². The zero-order valence-corrected chi connectivity index (χ0v) is 24.7. The molecule has 0 spiro atoms. The van der Waals surface area contributed by atoms with Crippen molar-refractivity contribution < 1.29 is 32.9 Å². The minimum absolute atomic E-state index is 0.235. The van der Waals surface area contributed by atoms with E-state index >= 15 is 0 Å². The molecule has 3 atom stereocenters. The maximum atomic E-state index is 13.6. The van der Waals surface area contributed by atoms with Crippen LogP contribution in [0.2, 0.25) is 0 Å². The molecule has 42 heavy (non-hydrogen) atoms. The van der Waals surface area contributed by atoms with Gasteiger partial charge in [0.25, 0.3) is 12.1 Å². The molecule has 0 heterocycles. The normalized spacial score (nSPS) is 15.3. The van der Waals surface area contributed by atoms with Crippen LogP contribution in [0.1, 0.15) is 44.1 Å². The second kappa shape index (κ2) is 16.0. The van der Waals surface area contributed by atoms with E-state index in [0.29, 0.717) is 18.1 Å². The van der Waals surface area contributed by atoms with Crippen molar-refractivity contribution in [3.8, 4) is 5.75 Å². The Hall–Kier alpha value is -3.81. The fourth-order valence-electron chi connectivity index (χ4n) is 5.16. The molecule has 0 saturated heterocycles. The fourth-order valence-corrected chi connectivity index (χ4v) is 6.00. The van der Waals surface area contributed by atoms with E-state index in [1.54, 1.807) is 6.07 Å². The standard InChI is InChI=1S/C32H37N2O7P/c1-39-31(36)22-42(38)41-30(19-24-12-6-3-7-13-24)34-32(37)28(18-23-10-4-2-5-11-23)33-29(35)21-40-27-17-16-25-14-8-9-15-26(25)20-27/h2,4-5,8-11,14-17,20,24,28,30H,3,6-7,12-13,18-19,21-22H2,1H3,(H-,33,34,35,37)/p+1/t28-,30?/m0/s1. The first-order chi connectivity index (χ1) is 20.4. The van der Waals surface area contributed by atoms with Crippen molar-refractivity contribution in [2.24, 2.45) is 5.92 Å². The molecule has 2 amide bonds. The van der Waals surface area contributed by atoms with Crippen LogP contribution in [-0.2, 0) is 34.6 Å². The average Bonchev–Trinajstić information content (AvgIpc) is 3.00. The van der Waals surface area contributed by atoms with E-state index in [1.807, 2.05) is 66.7 Å². The molecule has 1 fully saturated rings. The number of nitrogens with one attached hydrogen (secondary N) is 2. The van der Waals surface area contributed by atoms with Crippen molar-refractivity contribution in [3.05, 3.63) is 78.4 Å². The highest BCUT2D eigenvalue weighted by atomic mass is 31.1. The molecule has 222 valence electrons. The second-order valence-corrected chi connectivity index (χ2v) is 11.7. The first-order valence-electron chi connectivity index (χ1n) is 14.3. The van der Waals surface area contributed by atoms with E-state index in [0.717, 1.165) is 48.4 Å². The molecule has 9 nitrogen and oxygen atoms in total. The van der Waals surface area contributed by atoms with E-state index in [-0.39, 0.29) is 13.0 Å². The number of ether oxygens (including phenoxy) is 2. The van der Waals surface area contributed by atoms with Crippen LogP contribution < -0.4 is 15.4 Å². The maximum absolute atomic E-state index is 13.6. The van der Waals surface area contributed by atoms with E-state index in [4.69, 9.17) is 9.26 Å². The minimum atomic E-state index is -2.40. The molecule has 1 saturated carbocycles. The number of rotatable bonds is 14. The van der Waals surface area contributed by atoms with Gasteiger partial charge in [-0.3, -0.25) is 9.59 Å². The number of hydrogen-bond donors (Lipinski definition) is 2. The summed E-state index contributed by atoms with van der Waals surface area (Å²) in [6.07, 6.45) is 4.73. The van der Waals surface area contributed by atoms with Crippen LogP contribution in [0.15, 0.2) is 72.8 Å². The number of esters is 1. The third kappa shape index (κ3) is 9.93. The molecule has 2 N–H and O–H groups in total. The average molecular weight is 594 g/mol. The van der Waals surface area contributed by atoms with Crippen molar-refractivity contribution in [3.63, 3.8) is 0 Å². The lowest BCUT2D eigenvalue weighted by Crippen LogP contribution is -2.52. The Bertz CT molecular complexity index is 1360. The van der Waals surface area contributed by atoms with Gasteiger partial charge in [-0.25, -0.2) is 4.79 Å². The number of hydrogen-bond acceptors (Lipinski definition) is 7. The molecule has 10 heteroatoms. The molecule has 0 aromatic heterocycles. The SMILES string of the molecule is COC(=O)C[P+](=O)OC(CC1CCCCC1)NC(=O)[C@H](Cc1ccccc1)NC(=O)COc1ccc2ccccc2c1. The van der Waals surface area contributed by atoms with Gasteiger partial charge in [-0.1, -0.05) is 92.8 Å².